The molecule has 1 atom stereocenters. The number of aryl methyl sites for hydroxylation is 1. The molecular weight excluding hydrogens is 354 g/mol. The molecule has 144 valence electrons. The highest BCUT2D eigenvalue weighted by Gasteiger charge is 2.34. The van der Waals surface area contributed by atoms with Crippen molar-refractivity contribution in [1.29, 1.82) is 0 Å². The molecule has 6 heteroatoms. The number of rotatable bonds is 5. The second-order valence-electron chi connectivity index (χ2n) is 6.99. The van der Waals surface area contributed by atoms with Crippen LogP contribution in [0.25, 0.3) is 0 Å². The summed E-state index contributed by atoms with van der Waals surface area (Å²) in [6.07, 6.45) is 9.71. The number of amides is 1. The molecule has 2 aliphatic heterocycles. The van der Waals surface area contributed by atoms with Gasteiger partial charge in [-0.1, -0.05) is 36.4 Å². The number of ether oxygens (including phenoxy) is 1. The Morgan fingerprint density at radius 3 is 3.04 bits per heavy atom. The van der Waals surface area contributed by atoms with Gasteiger partial charge in [-0.05, 0) is 30.5 Å². The van der Waals surface area contributed by atoms with Gasteiger partial charge in [-0.25, -0.2) is 9.79 Å². The molecule has 3 aliphatic rings. The first kappa shape index (κ1) is 18.2. The number of nitrogens with zero attached hydrogens (tertiary/aromatic N) is 2. The summed E-state index contributed by atoms with van der Waals surface area (Å²) in [6, 6.07) is 8.46. The molecule has 1 aliphatic carbocycles. The standard InChI is InChI=1S/C22H23N3O3/c1-28-22(27)19-20(16-9-3-4-10-17(16)24-21(19)26)23-12-14-25-13-6-8-15-7-2-5-11-18(15)25/h2-5,7,9-11,16,23H,6,8,12-14H2,1H3. The Morgan fingerprint density at radius 1 is 1.32 bits per heavy atom. The number of hydrogen-bond donors (Lipinski definition) is 1. The van der Waals surface area contributed by atoms with E-state index in [9.17, 15) is 9.59 Å². The van der Waals surface area contributed by atoms with Crippen LogP contribution in [-0.2, 0) is 20.7 Å². The molecule has 0 radical (unpaired) electrons. The van der Waals surface area contributed by atoms with E-state index in [4.69, 9.17) is 4.74 Å². The Bertz CT molecular complexity index is 927. The Hall–Kier alpha value is -3.15. The monoisotopic (exact) mass is 377 g/mol. The first-order valence-corrected chi connectivity index (χ1v) is 9.56. The number of nitrogens with one attached hydrogen (secondary N) is 1. The predicted molar refractivity (Wildman–Crippen MR) is 108 cm³/mol. The maximum Gasteiger partial charge on any atom is 0.345 e. The maximum atomic E-state index is 12.4. The number of para-hydroxylation sites is 1. The van der Waals surface area contributed by atoms with Gasteiger partial charge >= 0.3 is 5.97 Å². The van der Waals surface area contributed by atoms with Crippen LogP contribution in [0, 0.1) is 5.92 Å². The average Bonchev–Trinajstić information content (AvgIpc) is 2.73. The van der Waals surface area contributed by atoms with E-state index in [1.54, 1.807) is 6.08 Å². The highest BCUT2D eigenvalue weighted by atomic mass is 16.5. The normalized spacial score (nSPS) is 20.5. The number of anilines is 1. The first-order valence-electron chi connectivity index (χ1n) is 9.56. The maximum absolute atomic E-state index is 12.4. The van der Waals surface area contributed by atoms with Crippen molar-refractivity contribution < 1.29 is 14.3 Å². The van der Waals surface area contributed by atoms with Crippen LogP contribution in [-0.4, -0.2) is 44.3 Å². The highest BCUT2D eigenvalue weighted by Crippen LogP contribution is 2.28. The van der Waals surface area contributed by atoms with Gasteiger partial charge in [0.15, 0.2) is 0 Å². The number of dihydropyridines is 1. The SMILES string of the molecule is COC(=O)C1=C(NCCN2CCCc3ccccc32)C2C=CC=CC2=NC1=O. The molecule has 6 nitrogen and oxygen atoms in total. The van der Waals surface area contributed by atoms with E-state index in [0.29, 0.717) is 18.0 Å². The number of methoxy groups -OCH3 is 1. The first-order chi connectivity index (χ1) is 13.7. The van der Waals surface area contributed by atoms with Crippen molar-refractivity contribution in [3.8, 4) is 0 Å². The molecule has 28 heavy (non-hydrogen) atoms. The summed E-state index contributed by atoms with van der Waals surface area (Å²) in [6.45, 7) is 2.39. The topological polar surface area (TPSA) is 71.0 Å². The summed E-state index contributed by atoms with van der Waals surface area (Å²) in [5.74, 6) is -1.43. The van der Waals surface area contributed by atoms with Crippen molar-refractivity contribution in [2.45, 2.75) is 12.8 Å². The van der Waals surface area contributed by atoms with Crippen molar-refractivity contribution in [2.75, 3.05) is 31.6 Å². The number of benzene rings is 1. The number of carbonyl (C=O) groups is 2. The van der Waals surface area contributed by atoms with Gasteiger partial charge in [-0.2, -0.15) is 0 Å². The van der Waals surface area contributed by atoms with Gasteiger partial charge in [0.25, 0.3) is 5.91 Å². The summed E-state index contributed by atoms with van der Waals surface area (Å²) < 4.78 is 4.83. The van der Waals surface area contributed by atoms with Crippen molar-refractivity contribution in [3.05, 3.63) is 65.4 Å². The van der Waals surface area contributed by atoms with Crippen molar-refractivity contribution in [3.63, 3.8) is 0 Å². The minimum absolute atomic E-state index is 0.00440. The summed E-state index contributed by atoms with van der Waals surface area (Å²) >= 11 is 0. The fourth-order valence-corrected chi connectivity index (χ4v) is 3.99. The molecule has 1 unspecified atom stereocenters. The molecule has 0 saturated carbocycles. The van der Waals surface area contributed by atoms with Gasteiger partial charge in [-0.15, -0.1) is 0 Å². The summed E-state index contributed by atoms with van der Waals surface area (Å²) in [4.78, 5) is 31.1. The second kappa shape index (κ2) is 7.84. The Kier molecular flexibility index (Phi) is 5.10. The van der Waals surface area contributed by atoms with Crippen LogP contribution >= 0.6 is 0 Å². The zero-order valence-electron chi connectivity index (χ0n) is 15.9. The van der Waals surface area contributed by atoms with Crippen molar-refractivity contribution in [1.82, 2.24) is 5.32 Å². The van der Waals surface area contributed by atoms with Gasteiger partial charge in [0.2, 0.25) is 0 Å². The minimum atomic E-state index is -0.651. The fourth-order valence-electron chi connectivity index (χ4n) is 3.99. The molecular formula is C22H23N3O3. The van der Waals surface area contributed by atoms with Crippen LogP contribution in [0.15, 0.2) is 64.8 Å². The van der Waals surface area contributed by atoms with E-state index in [1.807, 2.05) is 18.2 Å². The van der Waals surface area contributed by atoms with Crippen LogP contribution in [0.2, 0.25) is 0 Å². The van der Waals surface area contributed by atoms with E-state index in [2.05, 4.69) is 39.5 Å². The highest BCUT2D eigenvalue weighted by molar-refractivity contribution is 6.24. The summed E-state index contributed by atoms with van der Waals surface area (Å²) in [5, 5.41) is 3.34. The Morgan fingerprint density at radius 2 is 2.18 bits per heavy atom. The van der Waals surface area contributed by atoms with Crippen LogP contribution in [0.1, 0.15) is 12.0 Å². The van der Waals surface area contributed by atoms with E-state index in [0.717, 1.165) is 25.9 Å². The van der Waals surface area contributed by atoms with Crippen LogP contribution in [0.4, 0.5) is 5.69 Å². The number of allylic oxidation sites excluding steroid dienone is 4. The number of carbonyl (C=O) groups excluding carboxylic acids is 2. The second-order valence-corrected chi connectivity index (χ2v) is 6.99. The largest absolute Gasteiger partial charge is 0.465 e. The van der Waals surface area contributed by atoms with E-state index < -0.39 is 11.9 Å². The van der Waals surface area contributed by atoms with Crippen LogP contribution < -0.4 is 10.2 Å². The molecule has 4 rings (SSSR count). The van der Waals surface area contributed by atoms with Gasteiger partial charge in [0, 0.05) is 31.0 Å². The van der Waals surface area contributed by atoms with E-state index in [-0.39, 0.29) is 11.5 Å². The number of aliphatic imine (C=N–C) groups is 1. The minimum Gasteiger partial charge on any atom is -0.465 e. The third kappa shape index (κ3) is 3.38. The molecule has 0 fully saturated rings. The lowest BCUT2D eigenvalue weighted by molar-refractivity contribution is -0.137. The molecule has 1 amide bonds. The van der Waals surface area contributed by atoms with Gasteiger partial charge < -0.3 is 15.0 Å². The third-order valence-electron chi connectivity index (χ3n) is 5.32. The number of esters is 1. The van der Waals surface area contributed by atoms with Gasteiger partial charge in [0.1, 0.15) is 5.57 Å². The number of fused-ring (bicyclic) bond motifs is 2. The van der Waals surface area contributed by atoms with Crippen molar-refractivity contribution in [2.24, 2.45) is 10.9 Å². The Balaban J connectivity index is 1.53. The zero-order chi connectivity index (χ0) is 19.5. The molecule has 0 saturated heterocycles. The molecule has 1 aromatic carbocycles. The lowest BCUT2D eigenvalue weighted by Gasteiger charge is -2.32. The summed E-state index contributed by atoms with van der Waals surface area (Å²) in [5.41, 5.74) is 3.85. The van der Waals surface area contributed by atoms with E-state index >= 15 is 0 Å². The lowest BCUT2D eigenvalue weighted by Crippen LogP contribution is -2.40. The fraction of sp³-hybridized carbons (Fsp3) is 0.318. The average molecular weight is 377 g/mol. The number of hydrogen-bond acceptors (Lipinski definition) is 5. The molecule has 1 aromatic rings. The third-order valence-corrected chi connectivity index (χ3v) is 5.32. The lowest BCUT2D eigenvalue weighted by atomic mass is 9.89. The van der Waals surface area contributed by atoms with E-state index in [1.165, 1.54) is 18.4 Å². The Labute approximate surface area is 164 Å². The molecule has 0 spiro atoms. The molecule has 0 bridgehead atoms. The van der Waals surface area contributed by atoms with Gasteiger partial charge in [0.05, 0.1) is 18.7 Å². The zero-order valence-corrected chi connectivity index (χ0v) is 15.9. The smallest absolute Gasteiger partial charge is 0.345 e. The summed E-state index contributed by atoms with van der Waals surface area (Å²) in [7, 11) is 1.28. The predicted octanol–water partition coefficient (Wildman–Crippen LogP) is 2.18. The van der Waals surface area contributed by atoms with Gasteiger partial charge in [-0.3, -0.25) is 4.79 Å². The van der Waals surface area contributed by atoms with Crippen molar-refractivity contribution >= 4 is 23.3 Å². The van der Waals surface area contributed by atoms with Crippen LogP contribution in [0.5, 0.6) is 0 Å². The van der Waals surface area contributed by atoms with Crippen LogP contribution in [0.3, 0.4) is 0 Å². The molecule has 2 heterocycles. The molecule has 1 N–H and O–H groups in total. The molecule has 0 aromatic heterocycles. The quantitative estimate of drug-likeness (QED) is 0.629.